The molecule has 2 aromatic carbocycles. The molecule has 2 unspecified atom stereocenters. The summed E-state index contributed by atoms with van der Waals surface area (Å²) in [5.74, 6) is 2.53. The molecule has 0 aliphatic carbocycles. The molecule has 1 amide bonds. The molecule has 172 valence electrons. The van der Waals surface area contributed by atoms with Gasteiger partial charge >= 0.3 is 0 Å². The largest absolute Gasteiger partial charge is 0.497 e. The van der Waals surface area contributed by atoms with Gasteiger partial charge in [0.05, 0.1) is 20.1 Å². The first-order valence-corrected chi connectivity index (χ1v) is 11.6. The van der Waals surface area contributed by atoms with Gasteiger partial charge in [-0.3, -0.25) is 9.69 Å². The zero-order valence-electron chi connectivity index (χ0n) is 19.4. The number of nitrogens with one attached hydrogen (secondary N) is 1. The maximum Gasteiger partial charge on any atom is 0.228 e. The number of methoxy groups -OCH3 is 2. The van der Waals surface area contributed by atoms with E-state index in [4.69, 9.17) is 9.47 Å². The second-order valence-electron chi connectivity index (χ2n) is 9.12. The molecule has 0 spiro atoms. The van der Waals surface area contributed by atoms with E-state index in [2.05, 4.69) is 34.3 Å². The first-order valence-electron chi connectivity index (χ1n) is 11.6. The van der Waals surface area contributed by atoms with Crippen LogP contribution in [0.2, 0.25) is 0 Å². The van der Waals surface area contributed by atoms with Crippen LogP contribution in [-0.4, -0.2) is 62.7 Å². The molecule has 0 radical (unpaired) electrons. The van der Waals surface area contributed by atoms with Gasteiger partial charge in [-0.25, -0.2) is 0 Å². The Bertz CT molecular complexity index is 876. The third-order valence-electron chi connectivity index (χ3n) is 7.07. The maximum atomic E-state index is 12.9. The minimum Gasteiger partial charge on any atom is -0.497 e. The molecule has 2 heterocycles. The topological polar surface area (TPSA) is 54.0 Å². The molecule has 32 heavy (non-hydrogen) atoms. The normalized spacial score (nSPS) is 22.6. The average molecular weight is 438 g/mol. The van der Waals surface area contributed by atoms with Gasteiger partial charge in [-0.1, -0.05) is 12.1 Å². The summed E-state index contributed by atoms with van der Waals surface area (Å²) < 4.78 is 10.4. The summed E-state index contributed by atoms with van der Waals surface area (Å²) in [6.45, 7) is 4.05. The molecule has 2 aliphatic rings. The highest BCUT2D eigenvalue weighted by Crippen LogP contribution is 2.34. The van der Waals surface area contributed by atoms with E-state index < -0.39 is 0 Å². The number of carbonyl (C=O) groups is 1. The Balaban J connectivity index is 1.26. The fourth-order valence-corrected chi connectivity index (χ4v) is 5.17. The molecule has 4 rings (SSSR count). The zero-order valence-corrected chi connectivity index (χ0v) is 19.4. The molecule has 1 N–H and O–H groups in total. The lowest BCUT2D eigenvalue weighted by molar-refractivity contribution is -0.119. The summed E-state index contributed by atoms with van der Waals surface area (Å²) in [6, 6.07) is 16.4. The van der Waals surface area contributed by atoms with E-state index in [1.165, 1.54) is 18.4 Å². The van der Waals surface area contributed by atoms with Crippen LogP contribution in [-0.2, 0) is 11.3 Å². The SMILES string of the molecule is COc1ccc(CN2CCC(C3CC(C(=O)Nc4ccc(OC)cc4)CN3C)CC2)cc1. The summed E-state index contributed by atoms with van der Waals surface area (Å²) in [5, 5.41) is 3.08. The minimum absolute atomic E-state index is 0.0458. The van der Waals surface area contributed by atoms with Crippen LogP contribution in [0.25, 0.3) is 0 Å². The van der Waals surface area contributed by atoms with Crippen molar-refractivity contribution >= 4 is 11.6 Å². The summed E-state index contributed by atoms with van der Waals surface area (Å²) in [4.78, 5) is 17.8. The number of rotatable bonds is 7. The van der Waals surface area contributed by atoms with Gasteiger partial charge in [0.15, 0.2) is 0 Å². The summed E-state index contributed by atoms with van der Waals surface area (Å²) in [6.07, 6.45) is 3.33. The van der Waals surface area contributed by atoms with Crippen molar-refractivity contribution in [2.45, 2.75) is 31.8 Å². The van der Waals surface area contributed by atoms with Crippen molar-refractivity contribution in [1.82, 2.24) is 9.80 Å². The number of nitrogens with zero attached hydrogens (tertiary/aromatic N) is 2. The molecule has 2 aromatic rings. The monoisotopic (exact) mass is 437 g/mol. The lowest BCUT2D eigenvalue weighted by Gasteiger charge is -2.37. The van der Waals surface area contributed by atoms with Gasteiger partial charge in [0.1, 0.15) is 11.5 Å². The third kappa shape index (κ3) is 5.43. The molecule has 6 heteroatoms. The van der Waals surface area contributed by atoms with Gasteiger partial charge in [-0.05, 0) is 87.3 Å². The smallest absolute Gasteiger partial charge is 0.228 e. The Morgan fingerprint density at radius 2 is 1.56 bits per heavy atom. The van der Waals surface area contributed by atoms with Crippen molar-refractivity contribution in [3.05, 3.63) is 54.1 Å². The van der Waals surface area contributed by atoms with Crippen LogP contribution in [0, 0.1) is 11.8 Å². The van der Waals surface area contributed by atoms with Crippen LogP contribution in [0.5, 0.6) is 11.5 Å². The number of ether oxygens (including phenoxy) is 2. The standard InChI is InChI=1S/C26H35N3O3/c1-28-18-21(26(30)27-22-6-10-24(32-3)11-7-22)16-25(28)20-12-14-29(15-13-20)17-19-4-8-23(31-2)9-5-19/h4-11,20-21,25H,12-18H2,1-3H3,(H,27,30). The van der Waals surface area contributed by atoms with Crippen LogP contribution in [0.3, 0.4) is 0 Å². The second-order valence-corrected chi connectivity index (χ2v) is 9.12. The highest BCUT2D eigenvalue weighted by Gasteiger charge is 2.39. The molecular weight excluding hydrogens is 402 g/mol. The molecule has 6 nitrogen and oxygen atoms in total. The first-order chi connectivity index (χ1) is 15.6. The Morgan fingerprint density at radius 1 is 0.969 bits per heavy atom. The Morgan fingerprint density at radius 3 is 2.16 bits per heavy atom. The summed E-state index contributed by atoms with van der Waals surface area (Å²) in [5.41, 5.74) is 2.16. The quantitative estimate of drug-likeness (QED) is 0.713. The molecule has 2 saturated heterocycles. The predicted octanol–water partition coefficient (Wildman–Crippen LogP) is 3.87. The number of hydrogen-bond donors (Lipinski definition) is 1. The molecule has 2 atom stereocenters. The number of piperidine rings is 1. The number of likely N-dealkylation sites (tertiary alicyclic amines) is 2. The van der Waals surface area contributed by atoms with E-state index in [0.29, 0.717) is 12.0 Å². The Hall–Kier alpha value is -2.57. The number of benzene rings is 2. The molecule has 0 aromatic heterocycles. The van der Waals surface area contributed by atoms with Gasteiger partial charge in [0.2, 0.25) is 5.91 Å². The highest BCUT2D eigenvalue weighted by atomic mass is 16.5. The highest BCUT2D eigenvalue weighted by molar-refractivity contribution is 5.93. The van der Waals surface area contributed by atoms with E-state index in [1.54, 1.807) is 14.2 Å². The molecule has 0 saturated carbocycles. The number of amides is 1. The van der Waals surface area contributed by atoms with Crippen molar-refractivity contribution in [1.29, 1.82) is 0 Å². The number of hydrogen-bond acceptors (Lipinski definition) is 5. The molecule has 0 bridgehead atoms. The van der Waals surface area contributed by atoms with E-state index in [1.807, 2.05) is 36.4 Å². The number of anilines is 1. The molecular formula is C26H35N3O3. The Labute approximate surface area is 191 Å². The van der Waals surface area contributed by atoms with E-state index in [0.717, 1.165) is 49.8 Å². The van der Waals surface area contributed by atoms with Gasteiger partial charge in [0, 0.05) is 24.8 Å². The zero-order chi connectivity index (χ0) is 22.5. The van der Waals surface area contributed by atoms with Crippen molar-refractivity contribution < 1.29 is 14.3 Å². The van der Waals surface area contributed by atoms with E-state index >= 15 is 0 Å². The van der Waals surface area contributed by atoms with Crippen molar-refractivity contribution in [3.8, 4) is 11.5 Å². The second kappa shape index (κ2) is 10.4. The van der Waals surface area contributed by atoms with Crippen LogP contribution in [0.15, 0.2) is 48.5 Å². The van der Waals surface area contributed by atoms with E-state index in [-0.39, 0.29) is 11.8 Å². The predicted molar refractivity (Wildman–Crippen MR) is 127 cm³/mol. The molecule has 2 aliphatic heterocycles. The number of carbonyl (C=O) groups excluding carboxylic acids is 1. The third-order valence-corrected chi connectivity index (χ3v) is 7.07. The van der Waals surface area contributed by atoms with Crippen LogP contribution in [0.1, 0.15) is 24.8 Å². The molecule has 2 fully saturated rings. The lowest BCUT2D eigenvalue weighted by atomic mass is 9.86. The fraction of sp³-hybridized carbons (Fsp3) is 0.500. The minimum atomic E-state index is 0.0458. The summed E-state index contributed by atoms with van der Waals surface area (Å²) in [7, 11) is 5.52. The lowest BCUT2D eigenvalue weighted by Crippen LogP contribution is -2.41. The fourth-order valence-electron chi connectivity index (χ4n) is 5.17. The maximum absolute atomic E-state index is 12.9. The Kier molecular flexibility index (Phi) is 7.33. The van der Waals surface area contributed by atoms with E-state index in [9.17, 15) is 4.79 Å². The van der Waals surface area contributed by atoms with Crippen LogP contribution >= 0.6 is 0 Å². The van der Waals surface area contributed by atoms with Crippen LogP contribution in [0.4, 0.5) is 5.69 Å². The van der Waals surface area contributed by atoms with Gasteiger partial charge in [0.25, 0.3) is 0 Å². The van der Waals surface area contributed by atoms with Crippen molar-refractivity contribution in [3.63, 3.8) is 0 Å². The van der Waals surface area contributed by atoms with Gasteiger partial charge < -0.3 is 19.7 Å². The van der Waals surface area contributed by atoms with Gasteiger partial charge in [-0.2, -0.15) is 0 Å². The van der Waals surface area contributed by atoms with Gasteiger partial charge in [-0.15, -0.1) is 0 Å². The average Bonchev–Trinajstić information content (AvgIpc) is 3.22. The summed E-state index contributed by atoms with van der Waals surface area (Å²) >= 11 is 0. The van der Waals surface area contributed by atoms with Crippen molar-refractivity contribution in [2.24, 2.45) is 11.8 Å². The first kappa shape index (κ1) is 22.6. The van der Waals surface area contributed by atoms with Crippen molar-refractivity contribution in [2.75, 3.05) is 46.2 Å². The van der Waals surface area contributed by atoms with Crippen LogP contribution < -0.4 is 14.8 Å².